The normalized spacial score (nSPS) is 15.3. The first-order valence-corrected chi connectivity index (χ1v) is 7.68. The molecule has 0 bridgehead atoms. The number of morpholine rings is 1. The monoisotopic (exact) mass is 325 g/mol. The summed E-state index contributed by atoms with van der Waals surface area (Å²) in [5, 5.41) is 5.63. The van der Waals surface area contributed by atoms with Gasteiger partial charge in [0.15, 0.2) is 0 Å². The first kappa shape index (κ1) is 16.7. The number of nitrogens with one attached hydrogen (secondary N) is 2. The smallest absolute Gasteiger partial charge is 0.313 e. The molecule has 1 fully saturated rings. The second kappa shape index (κ2) is 8.73. The summed E-state index contributed by atoms with van der Waals surface area (Å²) in [6.07, 6.45) is 0.802. The number of carbonyl (C=O) groups excluding carboxylic acids is 2. The lowest BCUT2D eigenvalue weighted by Crippen LogP contribution is -2.39. The SMILES string of the molecule is O=C(NCCCN1CCOCC1)C(=O)Nc1cccc(Cl)c1. The van der Waals surface area contributed by atoms with Gasteiger partial charge in [-0.2, -0.15) is 0 Å². The number of ether oxygens (including phenoxy) is 1. The molecule has 7 heteroatoms. The van der Waals surface area contributed by atoms with E-state index in [1.54, 1.807) is 24.3 Å². The van der Waals surface area contributed by atoms with Gasteiger partial charge < -0.3 is 15.4 Å². The van der Waals surface area contributed by atoms with E-state index < -0.39 is 11.8 Å². The van der Waals surface area contributed by atoms with Gasteiger partial charge in [-0.1, -0.05) is 17.7 Å². The Hall–Kier alpha value is -1.63. The molecule has 0 saturated carbocycles. The molecule has 2 rings (SSSR count). The third kappa shape index (κ3) is 5.63. The molecule has 0 spiro atoms. The van der Waals surface area contributed by atoms with Crippen LogP contribution < -0.4 is 10.6 Å². The fraction of sp³-hybridized carbons (Fsp3) is 0.467. The van der Waals surface area contributed by atoms with E-state index in [2.05, 4.69) is 15.5 Å². The Kier molecular flexibility index (Phi) is 6.64. The van der Waals surface area contributed by atoms with E-state index in [9.17, 15) is 9.59 Å². The van der Waals surface area contributed by atoms with Crippen molar-refractivity contribution in [2.24, 2.45) is 0 Å². The van der Waals surface area contributed by atoms with Crippen molar-refractivity contribution in [2.45, 2.75) is 6.42 Å². The highest BCUT2D eigenvalue weighted by Gasteiger charge is 2.14. The zero-order chi connectivity index (χ0) is 15.8. The van der Waals surface area contributed by atoms with Gasteiger partial charge in [-0.05, 0) is 31.2 Å². The molecule has 22 heavy (non-hydrogen) atoms. The van der Waals surface area contributed by atoms with Crippen LogP contribution in [0.25, 0.3) is 0 Å². The molecule has 0 aromatic heterocycles. The lowest BCUT2D eigenvalue weighted by Gasteiger charge is -2.26. The fourth-order valence-corrected chi connectivity index (χ4v) is 2.35. The zero-order valence-corrected chi connectivity index (χ0v) is 13.1. The van der Waals surface area contributed by atoms with Crippen LogP contribution in [0.15, 0.2) is 24.3 Å². The summed E-state index contributed by atoms with van der Waals surface area (Å²) in [5.41, 5.74) is 0.501. The van der Waals surface area contributed by atoms with Crippen molar-refractivity contribution in [1.29, 1.82) is 0 Å². The van der Waals surface area contributed by atoms with E-state index in [-0.39, 0.29) is 0 Å². The van der Waals surface area contributed by atoms with Crippen molar-refractivity contribution in [2.75, 3.05) is 44.7 Å². The van der Waals surface area contributed by atoms with Crippen molar-refractivity contribution in [3.8, 4) is 0 Å². The van der Waals surface area contributed by atoms with Gasteiger partial charge in [-0.3, -0.25) is 14.5 Å². The summed E-state index contributed by atoms with van der Waals surface area (Å²) in [5.74, 6) is -1.32. The quantitative estimate of drug-likeness (QED) is 0.628. The highest BCUT2D eigenvalue weighted by atomic mass is 35.5. The Bertz CT molecular complexity index is 519. The summed E-state index contributed by atoms with van der Waals surface area (Å²) in [4.78, 5) is 25.7. The molecule has 0 radical (unpaired) electrons. The molecular weight excluding hydrogens is 306 g/mol. The van der Waals surface area contributed by atoms with Crippen LogP contribution in [-0.4, -0.2) is 56.1 Å². The number of hydrogen-bond acceptors (Lipinski definition) is 4. The molecule has 2 amide bonds. The summed E-state index contributed by atoms with van der Waals surface area (Å²) < 4.78 is 5.27. The Balaban J connectivity index is 1.64. The predicted molar refractivity (Wildman–Crippen MR) is 85.0 cm³/mol. The molecule has 1 aromatic rings. The fourth-order valence-electron chi connectivity index (χ4n) is 2.16. The minimum Gasteiger partial charge on any atom is -0.379 e. The average molecular weight is 326 g/mol. The molecular formula is C15H20ClN3O3. The first-order chi connectivity index (χ1) is 10.6. The van der Waals surface area contributed by atoms with Gasteiger partial charge in [-0.25, -0.2) is 0 Å². The van der Waals surface area contributed by atoms with Crippen LogP contribution in [-0.2, 0) is 14.3 Å². The molecule has 1 heterocycles. The second-order valence-electron chi connectivity index (χ2n) is 5.03. The van der Waals surface area contributed by atoms with E-state index in [4.69, 9.17) is 16.3 Å². The van der Waals surface area contributed by atoms with Gasteiger partial charge in [0.1, 0.15) is 0 Å². The molecule has 0 unspecified atom stereocenters. The predicted octanol–water partition coefficient (Wildman–Crippen LogP) is 1.12. The molecule has 120 valence electrons. The maximum Gasteiger partial charge on any atom is 0.313 e. The van der Waals surface area contributed by atoms with Crippen LogP contribution in [0, 0.1) is 0 Å². The van der Waals surface area contributed by atoms with Crippen LogP contribution in [0.1, 0.15) is 6.42 Å². The number of anilines is 1. The zero-order valence-electron chi connectivity index (χ0n) is 12.3. The van der Waals surface area contributed by atoms with Crippen molar-refractivity contribution < 1.29 is 14.3 Å². The molecule has 1 aliphatic heterocycles. The third-order valence-electron chi connectivity index (χ3n) is 3.33. The molecule has 0 atom stereocenters. The van der Waals surface area contributed by atoms with Crippen LogP contribution in [0.2, 0.25) is 5.02 Å². The average Bonchev–Trinajstić information content (AvgIpc) is 2.52. The molecule has 1 aromatic carbocycles. The number of carbonyl (C=O) groups is 2. The minimum absolute atomic E-state index is 0.471. The van der Waals surface area contributed by atoms with Crippen LogP contribution in [0.5, 0.6) is 0 Å². The number of halogens is 1. The van der Waals surface area contributed by atoms with Crippen molar-refractivity contribution in [1.82, 2.24) is 10.2 Å². The number of amides is 2. The third-order valence-corrected chi connectivity index (χ3v) is 3.56. The van der Waals surface area contributed by atoms with Gasteiger partial charge in [0.2, 0.25) is 0 Å². The minimum atomic E-state index is -0.686. The van der Waals surface area contributed by atoms with Crippen LogP contribution in [0.4, 0.5) is 5.69 Å². The van der Waals surface area contributed by atoms with Crippen molar-refractivity contribution in [3.05, 3.63) is 29.3 Å². The molecule has 1 aliphatic rings. The van der Waals surface area contributed by atoms with Gasteiger partial charge in [0, 0.05) is 30.3 Å². The Labute approximate surface area is 134 Å². The highest BCUT2D eigenvalue weighted by Crippen LogP contribution is 2.14. The standard InChI is InChI=1S/C15H20ClN3O3/c16-12-3-1-4-13(11-12)18-15(21)14(20)17-5-2-6-19-7-9-22-10-8-19/h1,3-4,11H,2,5-10H2,(H,17,20)(H,18,21). The second-order valence-corrected chi connectivity index (χ2v) is 5.46. The van der Waals surface area contributed by atoms with Crippen molar-refractivity contribution >= 4 is 29.1 Å². The van der Waals surface area contributed by atoms with Gasteiger partial charge in [-0.15, -0.1) is 0 Å². The van der Waals surface area contributed by atoms with Gasteiger partial charge in [0.05, 0.1) is 13.2 Å². The number of nitrogens with zero attached hydrogens (tertiary/aromatic N) is 1. The maximum absolute atomic E-state index is 11.7. The Morgan fingerprint density at radius 3 is 2.73 bits per heavy atom. The van der Waals surface area contributed by atoms with Crippen LogP contribution in [0.3, 0.4) is 0 Å². The van der Waals surface area contributed by atoms with Crippen molar-refractivity contribution in [3.63, 3.8) is 0 Å². The summed E-state index contributed by atoms with van der Waals surface area (Å²) in [6, 6.07) is 6.67. The molecule has 1 saturated heterocycles. The van der Waals surface area contributed by atoms with Gasteiger partial charge in [0.25, 0.3) is 0 Å². The van der Waals surface area contributed by atoms with E-state index in [0.29, 0.717) is 17.3 Å². The number of hydrogen-bond donors (Lipinski definition) is 2. The lowest BCUT2D eigenvalue weighted by atomic mass is 10.3. The Morgan fingerprint density at radius 1 is 1.23 bits per heavy atom. The van der Waals surface area contributed by atoms with Crippen LogP contribution >= 0.6 is 11.6 Å². The topological polar surface area (TPSA) is 70.7 Å². The number of benzene rings is 1. The highest BCUT2D eigenvalue weighted by molar-refractivity contribution is 6.39. The molecule has 0 aliphatic carbocycles. The summed E-state index contributed by atoms with van der Waals surface area (Å²) >= 11 is 5.82. The summed E-state index contributed by atoms with van der Waals surface area (Å²) in [6.45, 7) is 4.72. The first-order valence-electron chi connectivity index (χ1n) is 7.30. The van der Waals surface area contributed by atoms with E-state index in [1.165, 1.54) is 0 Å². The largest absolute Gasteiger partial charge is 0.379 e. The van der Waals surface area contributed by atoms with E-state index in [0.717, 1.165) is 39.3 Å². The molecule has 2 N–H and O–H groups in total. The number of rotatable bonds is 5. The lowest BCUT2D eigenvalue weighted by molar-refractivity contribution is -0.136. The van der Waals surface area contributed by atoms with E-state index >= 15 is 0 Å². The Morgan fingerprint density at radius 2 is 2.00 bits per heavy atom. The maximum atomic E-state index is 11.7. The van der Waals surface area contributed by atoms with Gasteiger partial charge >= 0.3 is 11.8 Å². The van der Waals surface area contributed by atoms with E-state index in [1.807, 2.05) is 0 Å². The molecule has 6 nitrogen and oxygen atoms in total. The summed E-state index contributed by atoms with van der Waals surface area (Å²) in [7, 11) is 0.